The standard InChI is InChI=1S/C7H8O.C6H10O/c1-8-7-5-3-2-4-6-7;7-6-4-2-1-3-5-6/h2-6H,1H3;1-5H2. The monoisotopic (exact) mass is 206 g/mol. The number of hydrogen-bond donors (Lipinski definition) is 0. The molecule has 1 aliphatic rings. The van der Waals surface area contributed by atoms with E-state index in [4.69, 9.17) is 4.74 Å². The van der Waals surface area contributed by atoms with E-state index in [9.17, 15) is 4.79 Å². The first-order valence-corrected chi connectivity index (χ1v) is 5.43. The first kappa shape index (κ1) is 11.8. The maximum Gasteiger partial charge on any atom is 0.132 e. The Balaban J connectivity index is 0.000000151. The number of Topliss-reactive ketones (excluding diaryl/α,β-unsaturated/α-hetero) is 1. The first-order valence-electron chi connectivity index (χ1n) is 5.43. The molecule has 2 nitrogen and oxygen atoms in total. The number of methoxy groups -OCH3 is 1. The Morgan fingerprint density at radius 1 is 1.00 bits per heavy atom. The van der Waals surface area contributed by atoms with Gasteiger partial charge in [0.1, 0.15) is 11.5 Å². The molecular formula is C13H18O2. The number of rotatable bonds is 1. The fourth-order valence-electron chi connectivity index (χ4n) is 1.50. The molecule has 0 aromatic heterocycles. The Labute approximate surface area is 91.3 Å². The molecule has 1 aromatic rings. The highest BCUT2D eigenvalue weighted by molar-refractivity contribution is 5.78. The summed E-state index contributed by atoms with van der Waals surface area (Å²) in [4.78, 5) is 10.5. The van der Waals surface area contributed by atoms with Gasteiger partial charge in [-0.15, -0.1) is 0 Å². The maximum atomic E-state index is 10.5. The van der Waals surface area contributed by atoms with E-state index in [1.165, 1.54) is 6.42 Å². The zero-order valence-electron chi connectivity index (χ0n) is 9.24. The molecule has 1 saturated carbocycles. The highest BCUT2D eigenvalue weighted by Crippen LogP contribution is 2.12. The normalized spacial score (nSPS) is 15.1. The second-order valence-corrected chi connectivity index (χ2v) is 3.62. The highest BCUT2D eigenvalue weighted by Gasteiger charge is 2.05. The van der Waals surface area contributed by atoms with Crippen LogP contribution in [0.2, 0.25) is 0 Å². The smallest absolute Gasteiger partial charge is 0.132 e. The Morgan fingerprint density at radius 3 is 1.93 bits per heavy atom. The van der Waals surface area contributed by atoms with E-state index in [0.29, 0.717) is 5.78 Å². The molecule has 0 atom stereocenters. The van der Waals surface area contributed by atoms with Gasteiger partial charge in [0.25, 0.3) is 0 Å². The van der Waals surface area contributed by atoms with Crippen LogP contribution >= 0.6 is 0 Å². The third-order valence-electron chi connectivity index (χ3n) is 2.39. The fourth-order valence-corrected chi connectivity index (χ4v) is 1.50. The molecule has 0 saturated heterocycles. The molecule has 2 heteroatoms. The van der Waals surface area contributed by atoms with Gasteiger partial charge in [0.05, 0.1) is 7.11 Å². The van der Waals surface area contributed by atoms with Crippen LogP contribution in [0.5, 0.6) is 5.75 Å². The summed E-state index contributed by atoms with van der Waals surface area (Å²) >= 11 is 0. The van der Waals surface area contributed by atoms with E-state index in [0.717, 1.165) is 31.4 Å². The molecule has 1 aliphatic carbocycles. The fraction of sp³-hybridized carbons (Fsp3) is 0.462. The molecule has 0 amide bonds. The van der Waals surface area contributed by atoms with Crippen LogP contribution < -0.4 is 4.74 Å². The number of para-hydroxylation sites is 1. The second-order valence-electron chi connectivity index (χ2n) is 3.62. The van der Waals surface area contributed by atoms with Crippen LogP contribution in [0, 0.1) is 0 Å². The zero-order valence-corrected chi connectivity index (χ0v) is 9.24. The minimum absolute atomic E-state index is 0.464. The molecule has 0 radical (unpaired) electrons. The van der Waals surface area contributed by atoms with Crippen LogP contribution in [0.1, 0.15) is 32.1 Å². The number of carbonyl (C=O) groups excluding carboxylic acids is 1. The van der Waals surface area contributed by atoms with Crippen LogP contribution in [0.15, 0.2) is 30.3 Å². The molecule has 0 N–H and O–H groups in total. The molecule has 0 spiro atoms. The van der Waals surface area contributed by atoms with Crippen LogP contribution in [0.3, 0.4) is 0 Å². The van der Waals surface area contributed by atoms with Gasteiger partial charge < -0.3 is 4.74 Å². The predicted molar refractivity (Wildman–Crippen MR) is 61.1 cm³/mol. The minimum Gasteiger partial charge on any atom is -0.497 e. The van der Waals surface area contributed by atoms with Gasteiger partial charge in [-0.05, 0) is 25.0 Å². The molecule has 15 heavy (non-hydrogen) atoms. The van der Waals surface area contributed by atoms with Crippen molar-refractivity contribution in [3.05, 3.63) is 30.3 Å². The van der Waals surface area contributed by atoms with E-state index < -0.39 is 0 Å². The van der Waals surface area contributed by atoms with Gasteiger partial charge in [-0.3, -0.25) is 4.79 Å². The molecule has 82 valence electrons. The van der Waals surface area contributed by atoms with E-state index in [1.807, 2.05) is 30.3 Å². The number of carbonyl (C=O) groups is 1. The largest absolute Gasteiger partial charge is 0.497 e. The summed E-state index contributed by atoms with van der Waals surface area (Å²) in [5.74, 6) is 1.37. The lowest BCUT2D eigenvalue weighted by atomic mass is 10.00. The van der Waals surface area contributed by atoms with E-state index in [-0.39, 0.29) is 0 Å². The van der Waals surface area contributed by atoms with Crippen molar-refractivity contribution >= 4 is 5.78 Å². The van der Waals surface area contributed by atoms with Crippen molar-refractivity contribution in [2.45, 2.75) is 32.1 Å². The second kappa shape index (κ2) is 7.04. The van der Waals surface area contributed by atoms with Crippen molar-refractivity contribution in [1.29, 1.82) is 0 Å². The molecular weight excluding hydrogens is 188 g/mol. The average Bonchev–Trinajstić information content (AvgIpc) is 2.32. The van der Waals surface area contributed by atoms with Crippen LogP contribution in [-0.4, -0.2) is 12.9 Å². The van der Waals surface area contributed by atoms with Crippen LogP contribution in [0.4, 0.5) is 0 Å². The quantitative estimate of drug-likeness (QED) is 0.705. The predicted octanol–water partition coefficient (Wildman–Crippen LogP) is 3.21. The minimum atomic E-state index is 0.464. The number of ether oxygens (including phenoxy) is 1. The lowest BCUT2D eigenvalue weighted by Gasteiger charge is -2.05. The molecule has 1 aromatic carbocycles. The molecule has 0 unspecified atom stereocenters. The van der Waals surface area contributed by atoms with Crippen LogP contribution in [-0.2, 0) is 4.79 Å². The molecule has 1 fully saturated rings. The summed E-state index contributed by atoms with van der Waals surface area (Å²) in [7, 11) is 1.66. The molecule has 2 rings (SSSR count). The van der Waals surface area contributed by atoms with Gasteiger partial charge in [-0.1, -0.05) is 24.6 Å². The van der Waals surface area contributed by atoms with E-state index in [1.54, 1.807) is 7.11 Å². The van der Waals surface area contributed by atoms with Gasteiger partial charge in [-0.25, -0.2) is 0 Å². The molecule has 0 heterocycles. The summed E-state index contributed by atoms with van der Waals surface area (Å²) in [6, 6.07) is 9.68. The van der Waals surface area contributed by atoms with Gasteiger partial charge in [0.15, 0.2) is 0 Å². The highest BCUT2D eigenvalue weighted by atomic mass is 16.5. The lowest BCUT2D eigenvalue weighted by Crippen LogP contribution is -2.02. The Morgan fingerprint density at radius 2 is 1.60 bits per heavy atom. The van der Waals surface area contributed by atoms with Gasteiger partial charge in [0, 0.05) is 12.8 Å². The van der Waals surface area contributed by atoms with Crippen molar-refractivity contribution in [3.63, 3.8) is 0 Å². The Bertz CT molecular complexity index is 272. The molecule has 0 aliphatic heterocycles. The van der Waals surface area contributed by atoms with E-state index in [2.05, 4.69) is 0 Å². The number of benzene rings is 1. The van der Waals surface area contributed by atoms with Crippen molar-refractivity contribution < 1.29 is 9.53 Å². The van der Waals surface area contributed by atoms with Crippen molar-refractivity contribution in [3.8, 4) is 5.75 Å². The Kier molecular flexibility index (Phi) is 5.52. The first-order chi connectivity index (χ1) is 7.33. The summed E-state index contributed by atoms with van der Waals surface area (Å²) < 4.78 is 4.91. The molecule has 0 bridgehead atoms. The van der Waals surface area contributed by atoms with Crippen molar-refractivity contribution in [2.75, 3.05) is 7.11 Å². The lowest BCUT2D eigenvalue weighted by molar-refractivity contribution is -0.120. The summed E-state index contributed by atoms with van der Waals surface area (Å²) in [6.07, 6.45) is 5.24. The van der Waals surface area contributed by atoms with Gasteiger partial charge >= 0.3 is 0 Å². The van der Waals surface area contributed by atoms with E-state index >= 15 is 0 Å². The third-order valence-corrected chi connectivity index (χ3v) is 2.39. The topological polar surface area (TPSA) is 26.3 Å². The van der Waals surface area contributed by atoms with Gasteiger partial charge in [-0.2, -0.15) is 0 Å². The third kappa shape index (κ3) is 5.21. The Hall–Kier alpha value is -1.31. The van der Waals surface area contributed by atoms with Crippen LogP contribution in [0.25, 0.3) is 0 Å². The number of hydrogen-bond acceptors (Lipinski definition) is 2. The SMILES string of the molecule is COc1ccccc1.O=C1CCCCC1. The average molecular weight is 206 g/mol. The number of ketones is 1. The van der Waals surface area contributed by atoms with Gasteiger partial charge in [0.2, 0.25) is 0 Å². The van der Waals surface area contributed by atoms with Crippen molar-refractivity contribution in [2.24, 2.45) is 0 Å². The summed E-state index contributed by atoms with van der Waals surface area (Å²) in [6.45, 7) is 0. The zero-order chi connectivity index (χ0) is 10.9. The van der Waals surface area contributed by atoms with Crippen molar-refractivity contribution in [1.82, 2.24) is 0 Å². The maximum absolute atomic E-state index is 10.5. The summed E-state index contributed by atoms with van der Waals surface area (Å²) in [5, 5.41) is 0. The summed E-state index contributed by atoms with van der Waals surface area (Å²) in [5.41, 5.74) is 0.